The normalized spacial score (nSPS) is 11.8. The fourth-order valence-corrected chi connectivity index (χ4v) is 4.59. The van der Waals surface area contributed by atoms with E-state index in [-0.39, 0.29) is 27.7 Å². The molecule has 0 bridgehead atoms. The number of nitrogens with zero attached hydrogens (tertiary/aromatic N) is 2. The van der Waals surface area contributed by atoms with E-state index in [9.17, 15) is 13.2 Å². The molecular formula is C9H14ClN3O3S2. The minimum absolute atomic E-state index is 0.0817. The highest BCUT2D eigenvalue weighted by molar-refractivity contribution is 7.91. The Hall–Kier alpha value is -0.700. The average molecular weight is 312 g/mol. The number of amides is 1. The summed E-state index contributed by atoms with van der Waals surface area (Å²) in [7, 11) is -2.27. The van der Waals surface area contributed by atoms with Gasteiger partial charge >= 0.3 is 0 Å². The first-order valence-electron chi connectivity index (χ1n) is 5.16. The van der Waals surface area contributed by atoms with E-state index < -0.39 is 10.0 Å². The molecule has 0 unspecified atom stereocenters. The van der Waals surface area contributed by atoms with Crippen molar-refractivity contribution in [2.45, 2.75) is 18.1 Å². The highest BCUT2D eigenvalue weighted by Crippen LogP contribution is 2.29. The van der Waals surface area contributed by atoms with Crippen molar-refractivity contribution in [3.63, 3.8) is 0 Å². The molecule has 0 saturated heterocycles. The van der Waals surface area contributed by atoms with Gasteiger partial charge in [0.05, 0.1) is 12.2 Å². The van der Waals surface area contributed by atoms with E-state index in [4.69, 9.17) is 11.6 Å². The minimum atomic E-state index is -3.72. The van der Waals surface area contributed by atoms with E-state index in [0.717, 1.165) is 15.6 Å². The molecule has 0 aliphatic heterocycles. The lowest BCUT2D eigenvalue weighted by Gasteiger charge is -2.18. The largest absolute Gasteiger partial charge is 0.358 e. The van der Waals surface area contributed by atoms with Gasteiger partial charge in [0.1, 0.15) is 0 Å². The van der Waals surface area contributed by atoms with Crippen molar-refractivity contribution in [1.82, 2.24) is 14.6 Å². The number of aromatic nitrogens is 1. The lowest BCUT2D eigenvalue weighted by Crippen LogP contribution is -2.39. The van der Waals surface area contributed by atoms with Gasteiger partial charge in [0, 0.05) is 13.6 Å². The predicted molar refractivity (Wildman–Crippen MR) is 70.4 cm³/mol. The standard InChI is InChI=1S/C9H14ClN3O3S2/c1-4-13(5-7(14)11-3)18(15,16)8-6(2)12-9(10)17-8/h4-5H2,1-3H3,(H,11,14). The minimum Gasteiger partial charge on any atom is -0.358 e. The summed E-state index contributed by atoms with van der Waals surface area (Å²) < 4.78 is 25.9. The van der Waals surface area contributed by atoms with Gasteiger partial charge in [-0.25, -0.2) is 13.4 Å². The van der Waals surface area contributed by atoms with Gasteiger partial charge in [0.15, 0.2) is 8.68 Å². The van der Waals surface area contributed by atoms with Gasteiger partial charge in [-0.05, 0) is 6.92 Å². The van der Waals surface area contributed by atoms with Crippen LogP contribution in [0, 0.1) is 6.92 Å². The number of thiazole rings is 1. The van der Waals surface area contributed by atoms with Crippen LogP contribution in [-0.2, 0) is 14.8 Å². The number of halogens is 1. The molecule has 0 aromatic carbocycles. The summed E-state index contributed by atoms with van der Waals surface area (Å²) in [5.41, 5.74) is 0.348. The second-order valence-corrected chi connectivity index (χ2v) is 7.16. The molecule has 0 atom stereocenters. The van der Waals surface area contributed by atoms with Gasteiger partial charge in [-0.1, -0.05) is 29.9 Å². The van der Waals surface area contributed by atoms with Gasteiger partial charge in [0.25, 0.3) is 10.0 Å². The van der Waals surface area contributed by atoms with E-state index in [0.29, 0.717) is 5.69 Å². The van der Waals surface area contributed by atoms with Crippen LogP contribution in [0.4, 0.5) is 0 Å². The molecule has 18 heavy (non-hydrogen) atoms. The quantitative estimate of drug-likeness (QED) is 0.875. The Morgan fingerprint density at radius 3 is 2.56 bits per heavy atom. The number of hydrogen-bond acceptors (Lipinski definition) is 5. The number of carbonyl (C=O) groups is 1. The van der Waals surface area contributed by atoms with Crippen LogP contribution >= 0.6 is 22.9 Å². The van der Waals surface area contributed by atoms with Crippen LogP contribution in [0.5, 0.6) is 0 Å². The molecule has 6 nitrogen and oxygen atoms in total. The third kappa shape index (κ3) is 3.19. The van der Waals surface area contributed by atoms with Crippen LogP contribution in [-0.4, -0.2) is 43.8 Å². The SMILES string of the molecule is CCN(CC(=O)NC)S(=O)(=O)c1sc(Cl)nc1C. The zero-order valence-electron chi connectivity index (χ0n) is 10.2. The second-order valence-electron chi connectivity index (χ2n) is 3.44. The van der Waals surface area contributed by atoms with Crippen molar-refractivity contribution < 1.29 is 13.2 Å². The molecule has 0 saturated carbocycles. The molecule has 1 heterocycles. The van der Waals surface area contributed by atoms with Crippen molar-refractivity contribution in [1.29, 1.82) is 0 Å². The van der Waals surface area contributed by atoms with Crippen LogP contribution in [0.1, 0.15) is 12.6 Å². The fourth-order valence-electron chi connectivity index (χ4n) is 1.31. The van der Waals surface area contributed by atoms with Gasteiger partial charge in [-0.2, -0.15) is 4.31 Å². The van der Waals surface area contributed by atoms with Gasteiger partial charge < -0.3 is 5.32 Å². The number of nitrogens with one attached hydrogen (secondary N) is 1. The van der Waals surface area contributed by atoms with Crippen LogP contribution < -0.4 is 5.32 Å². The Balaban J connectivity index is 3.11. The lowest BCUT2D eigenvalue weighted by atomic mass is 10.5. The molecule has 0 aliphatic rings. The third-order valence-electron chi connectivity index (χ3n) is 2.25. The maximum Gasteiger partial charge on any atom is 0.254 e. The second kappa shape index (κ2) is 5.96. The van der Waals surface area contributed by atoms with Crippen molar-refractivity contribution >= 4 is 38.9 Å². The van der Waals surface area contributed by atoms with Crippen LogP contribution in [0.15, 0.2) is 4.21 Å². The number of sulfonamides is 1. The molecule has 0 aliphatic carbocycles. The highest BCUT2D eigenvalue weighted by Gasteiger charge is 2.29. The Labute approximate surface area is 115 Å². The maximum atomic E-state index is 12.3. The Morgan fingerprint density at radius 1 is 1.56 bits per heavy atom. The number of hydrogen-bond donors (Lipinski definition) is 1. The zero-order chi connectivity index (χ0) is 13.9. The molecule has 9 heteroatoms. The van der Waals surface area contributed by atoms with E-state index in [1.54, 1.807) is 13.8 Å². The first kappa shape index (κ1) is 15.4. The van der Waals surface area contributed by atoms with Crippen molar-refractivity contribution in [2.24, 2.45) is 0 Å². The molecule has 102 valence electrons. The summed E-state index contributed by atoms with van der Waals surface area (Å²) in [5.74, 6) is -0.367. The molecule has 1 N–H and O–H groups in total. The Kier molecular flexibility index (Phi) is 5.09. The summed E-state index contributed by atoms with van der Waals surface area (Å²) in [5, 5.41) is 2.39. The van der Waals surface area contributed by atoms with Gasteiger partial charge in [0.2, 0.25) is 5.91 Å². The summed E-state index contributed by atoms with van der Waals surface area (Å²) >= 11 is 6.59. The van der Waals surface area contributed by atoms with Crippen LogP contribution in [0.25, 0.3) is 0 Å². The lowest BCUT2D eigenvalue weighted by molar-refractivity contribution is -0.120. The topological polar surface area (TPSA) is 79.4 Å². The van der Waals surface area contributed by atoms with Gasteiger partial charge in [-0.3, -0.25) is 4.79 Å². The number of rotatable bonds is 5. The van der Waals surface area contributed by atoms with Gasteiger partial charge in [-0.15, -0.1) is 0 Å². The summed E-state index contributed by atoms with van der Waals surface area (Å²) in [4.78, 5) is 15.2. The third-order valence-corrected chi connectivity index (χ3v) is 6.02. The van der Waals surface area contributed by atoms with Crippen molar-refractivity contribution in [3.8, 4) is 0 Å². The monoisotopic (exact) mass is 311 g/mol. The number of likely N-dealkylation sites (N-methyl/N-ethyl adjacent to an activating group) is 2. The smallest absolute Gasteiger partial charge is 0.254 e. The van der Waals surface area contributed by atoms with Crippen LogP contribution in [0.2, 0.25) is 4.47 Å². The van der Waals surface area contributed by atoms with Crippen LogP contribution in [0.3, 0.4) is 0 Å². The molecule has 1 amide bonds. The maximum absolute atomic E-state index is 12.3. The zero-order valence-corrected chi connectivity index (χ0v) is 12.6. The highest BCUT2D eigenvalue weighted by atomic mass is 35.5. The molecule has 1 aromatic heterocycles. The molecular weight excluding hydrogens is 298 g/mol. The first-order valence-corrected chi connectivity index (χ1v) is 7.80. The first-order chi connectivity index (χ1) is 8.32. The Morgan fingerprint density at radius 2 is 2.17 bits per heavy atom. The fraction of sp³-hybridized carbons (Fsp3) is 0.556. The molecule has 0 fully saturated rings. The average Bonchev–Trinajstić information content (AvgIpc) is 2.65. The summed E-state index contributed by atoms with van der Waals surface area (Å²) in [6.07, 6.45) is 0. The van der Waals surface area contributed by atoms with E-state index in [1.807, 2.05) is 0 Å². The molecule has 0 radical (unpaired) electrons. The van der Waals surface area contributed by atoms with E-state index >= 15 is 0 Å². The summed E-state index contributed by atoms with van der Waals surface area (Å²) in [6.45, 7) is 3.22. The Bertz CT molecular complexity index is 541. The molecule has 1 rings (SSSR count). The van der Waals surface area contributed by atoms with E-state index in [2.05, 4.69) is 10.3 Å². The van der Waals surface area contributed by atoms with E-state index in [1.165, 1.54) is 7.05 Å². The molecule has 1 aromatic rings. The predicted octanol–water partition coefficient (Wildman–Crippen LogP) is 0.862. The number of carbonyl (C=O) groups excluding carboxylic acids is 1. The van der Waals surface area contributed by atoms with Crippen molar-refractivity contribution in [3.05, 3.63) is 10.2 Å². The number of aryl methyl sites for hydroxylation is 1. The van der Waals surface area contributed by atoms with Crippen molar-refractivity contribution in [2.75, 3.05) is 20.1 Å². The summed E-state index contributed by atoms with van der Waals surface area (Å²) in [6, 6.07) is 0. The molecule has 0 spiro atoms.